The molecule has 0 spiro atoms. The van der Waals surface area contributed by atoms with E-state index in [1.54, 1.807) is 12.1 Å². The summed E-state index contributed by atoms with van der Waals surface area (Å²) in [5.41, 5.74) is 6.14. The maximum atomic E-state index is 12.6. The van der Waals surface area contributed by atoms with Crippen molar-refractivity contribution in [2.24, 2.45) is 0 Å². The number of hydrogen-bond donors (Lipinski definition) is 3. The summed E-state index contributed by atoms with van der Waals surface area (Å²) < 4.78 is 28.6. The third kappa shape index (κ3) is 4.19. The van der Waals surface area contributed by atoms with Crippen LogP contribution in [0.3, 0.4) is 0 Å². The fourth-order valence-corrected chi connectivity index (χ4v) is 6.44. The zero-order chi connectivity index (χ0) is 15.6. The highest BCUT2D eigenvalue weighted by atomic mass is 79.9. The van der Waals surface area contributed by atoms with Gasteiger partial charge in [-0.05, 0) is 56.8 Å². The molecule has 0 radical (unpaired) electrons. The topological polar surface area (TPSA) is 92.4 Å². The zero-order valence-electron chi connectivity index (χ0n) is 11.4. The molecule has 0 amide bonds. The van der Waals surface area contributed by atoms with Gasteiger partial charge in [-0.1, -0.05) is 19.3 Å². The molecule has 4 N–H and O–H groups in total. The Morgan fingerprint density at radius 2 is 1.71 bits per heavy atom. The van der Waals surface area contributed by atoms with Crippen molar-refractivity contribution in [2.75, 3.05) is 5.73 Å². The molecule has 0 saturated heterocycles. The summed E-state index contributed by atoms with van der Waals surface area (Å²) in [6.45, 7) is 0. The molecule has 2 unspecified atom stereocenters. The standard InChI is InChI=1S/C13H18Br2N2O3S/c14-9-6-8(16)7-10(15)13(9)21(19,20)17-11-4-2-1-3-5-12(11)18/h6-7,11-12,17-18H,1-5,16H2. The maximum absolute atomic E-state index is 12.6. The molecule has 21 heavy (non-hydrogen) atoms. The van der Waals surface area contributed by atoms with Crippen LogP contribution in [0.1, 0.15) is 32.1 Å². The number of aliphatic hydroxyl groups is 1. The first-order valence-corrected chi connectivity index (χ1v) is 9.83. The number of sulfonamides is 1. The Hall–Kier alpha value is -0.150. The quantitative estimate of drug-likeness (QED) is 0.496. The molecular formula is C13H18Br2N2O3S. The van der Waals surface area contributed by atoms with E-state index in [1.165, 1.54) is 0 Å². The maximum Gasteiger partial charge on any atom is 0.243 e. The van der Waals surface area contributed by atoms with Gasteiger partial charge >= 0.3 is 0 Å². The second-order valence-corrected chi connectivity index (χ2v) is 8.61. The molecule has 5 nitrogen and oxygen atoms in total. The number of hydrogen-bond acceptors (Lipinski definition) is 4. The molecule has 2 rings (SSSR count). The molecule has 1 aliphatic rings. The molecule has 1 saturated carbocycles. The fraction of sp³-hybridized carbons (Fsp3) is 0.538. The first-order chi connectivity index (χ1) is 9.81. The van der Waals surface area contributed by atoms with E-state index >= 15 is 0 Å². The van der Waals surface area contributed by atoms with E-state index < -0.39 is 22.2 Å². The van der Waals surface area contributed by atoms with Crippen molar-refractivity contribution in [3.63, 3.8) is 0 Å². The van der Waals surface area contributed by atoms with Gasteiger partial charge in [-0.15, -0.1) is 0 Å². The molecule has 8 heteroatoms. The van der Waals surface area contributed by atoms with Crippen LogP contribution in [-0.2, 0) is 10.0 Å². The summed E-state index contributed by atoms with van der Waals surface area (Å²) in [6, 6.07) is 2.64. The highest BCUT2D eigenvalue weighted by molar-refractivity contribution is 9.11. The van der Waals surface area contributed by atoms with Gasteiger partial charge in [0.2, 0.25) is 10.0 Å². The van der Waals surface area contributed by atoms with Crippen molar-refractivity contribution in [1.82, 2.24) is 4.72 Å². The number of aliphatic hydroxyl groups excluding tert-OH is 1. The molecule has 0 aromatic heterocycles. The van der Waals surface area contributed by atoms with Crippen LogP contribution < -0.4 is 10.5 Å². The van der Waals surface area contributed by atoms with Gasteiger partial charge in [0, 0.05) is 20.7 Å². The van der Waals surface area contributed by atoms with Crippen LogP contribution in [-0.4, -0.2) is 25.7 Å². The average molecular weight is 442 g/mol. The van der Waals surface area contributed by atoms with Crippen LogP contribution in [0, 0.1) is 0 Å². The molecule has 1 aromatic carbocycles. The summed E-state index contributed by atoms with van der Waals surface area (Å²) in [7, 11) is -3.75. The molecular weight excluding hydrogens is 424 g/mol. The zero-order valence-corrected chi connectivity index (χ0v) is 15.3. The van der Waals surface area contributed by atoms with Crippen LogP contribution in [0.2, 0.25) is 0 Å². The van der Waals surface area contributed by atoms with Crippen molar-refractivity contribution in [1.29, 1.82) is 0 Å². The van der Waals surface area contributed by atoms with Crippen LogP contribution in [0.4, 0.5) is 5.69 Å². The molecule has 118 valence electrons. The monoisotopic (exact) mass is 440 g/mol. The third-order valence-electron chi connectivity index (χ3n) is 3.58. The second-order valence-electron chi connectivity index (χ2n) is 5.25. The summed E-state index contributed by atoms with van der Waals surface area (Å²) in [5, 5.41) is 10.1. The largest absolute Gasteiger partial charge is 0.399 e. The van der Waals surface area contributed by atoms with Gasteiger partial charge in [0.05, 0.1) is 6.10 Å². The Bertz CT molecular complexity index is 599. The minimum absolute atomic E-state index is 0.105. The van der Waals surface area contributed by atoms with Crippen molar-refractivity contribution < 1.29 is 13.5 Å². The van der Waals surface area contributed by atoms with E-state index in [2.05, 4.69) is 36.6 Å². The van der Waals surface area contributed by atoms with Gasteiger partial charge in [-0.25, -0.2) is 13.1 Å². The van der Waals surface area contributed by atoms with Crippen LogP contribution in [0.15, 0.2) is 26.0 Å². The lowest BCUT2D eigenvalue weighted by atomic mass is 10.1. The fourth-order valence-electron chi connectivity index (χ4n) is 2.52. The van der Waals surface area contributed by atoms with Crippen LogP contribution in [0.25, 0.3) is 0 Å². The molecule has 0 aliphatic heterocycles. The van der Waals surface area contributed by atoms with Crippen molar-refractivity contribution in [3.8, 4) is 0 Å². The van der Waals surface area contributed by atoms with E-state index in [0.717, 1.165) is 19.3 Å². The highest BCUT2D eigenvalue weighted by Crippen LogP contribution is 2.33. The van der Waals surface area contributed by atoms with E-state index in [1.807, 2.05) is 0 Å². The van der Waals surface area contributed by atoms with Crippen LogP contribution >= 0.6 is 31.9 Å². The van der Waals surface area contributed by atoms with Crippen molar-refractivity contribution in [2.45, 2.75) is 49.1 Å². The minimum atomic E-state index is -3.75. The van der Waals surface area contributed by atoms with E-state index in [9.17, 15) is 13.5 Å². The van der Waals surface area contributed by atoms with E-state index in [0.29, 0.717) is 27.5 Å². The lowest BCUT2D eigenvalue weighted by Crippen LogP contribution is -2.42. The van der Waals surface area contributed by atoms with Crippen molar-refractivity contribution >= 4 is 47.6 Å². The number of nitrogen functional groups attached to an aromatic ring is 1. The normalized spacial score (nSPS) is 23.8. The number of rotatable bonds is 3. The Labute approximate surface area is 141 Å². The second kappa shape index (κ2) is 6.95. The van der Waals surface area contributed by atoms with Gasteiger partial charge in [-0.3, -0.25) is 0 Å². The molecule has 0 heterocycles. The van der Waals surface area contributed by atoms with Gasteiger partial charge in [0.1, 0.15) is 4.90 Å². The van der Waals surface area contributed by atoms with E-state index in [4.69, 9.17) is 5.73 Å². The number of anilines is 1. The lowest BCUT2D eigenvalue weighted by Gasteiger charge is -2.22. The van der Waals surface area contributed by atoms with Crippen molar-refractivity contribution in [3.05, 3.63) is 21.1 Å². The molecule has 0 bridgehead atoms. The Balaban J connectivity index is 2.30. The average Bonchev–Trinajstić information content (AvgIpc) is 2.52. The number of benzene rings is 1. The minimum Gasteiger partial charge on any atom is -0.399 e. The summed E-state index contributed by atoms with van der Waals surface area (Å²) >= 11 is 6.47. The Morgan fingerprint density at radius 1 is 1.14 bits per heavy atom. The van der Waals surface area contributed by atoms with Gasteiger partial charge in [0.15, 0.2) is 0 Å². The smallest absolute Gasteiger partial charge is 0.243 e. The van der Waals surface area contributed by atoms with Gasteiger partial charge in [-0.2, -0.15) is 0 Å². The first-order valence-electron chi connectivity index (χ1n) is 6.76. The predicted molar refractivity (Wildman–Crippen MR) is 89.5 cm³/mol. The third-order valence-corrected chi connectivity index (χ3v) is 6.94. The summed E-state index contributed by atoms with van der Waals surface area (Å²) in [5.74, 6) is 0. The SMILES string of the molecule is Nc1cc(Br)c(S(=O)(=O)NC2CCCCCC2O)c(Br)c1. The van der Waals surface area contributed by atoms with Crippen LogP contribution in [0.5, 0.6) is 0 Å². The highest BCUT2D eigenvalue weighted by Gasteiger charge is 2.29. The molecule has 1 aromatic rings. The Morgan fingerprint density at radius 3 is 2.33 bits per heavy atom. The molecule has 1 aliphatic carbocycles. The van der Waals surface area contributed by atoms with Gasteiger partial charge < -0.3 is 10.8 Å². The lowest BCUT2D eigenvalue weighted by molar-refractivity contribution is 0.130. The number of halogens is 2. The molecule has 2 atom stereocenters. The van der Waals surface area contributed by atoms with Gasteiger partial charge in [0.25, 0.3) is 0 Å². The predicted octanol–water partition coefficient (Wildman–Crippen LogP) is 2.77. The number of nitrogens with one attached hydrogen (secondary N) is 1. The summed E-state index contributed by atoms with van der Waals surface area (Å²) in [4.78, 5) is 0.105. The number of nitrogens with two attached hydrogens (primary N) is 1. The molecule has 1 fully saturated rings. The van der Waals surface area contributed by atoms with E-state index in [-0.39, 0.29) is 4.90 Å². The summed E-state index contributed by atoms with van der Waals surface area (Å²) in [6.07, 6.45) is 3.48. The Kier molecular flexibility index (Phi) is 5.70. The first kappa shape index (κ1) is 17.2.